The average Bonchev–Trinajstić information content (AvgIpc) is 2.53. The Morgan fingerprint density at radius 2 is 2.23 bits per heavy atom. The number of nitrogens with one attached hydrogen (secondary N) is 1. The number of halogens is 2. The van der Waals surface area contributed by atoms with Gasteiger partial charge in [0.05, 0.1) is 6.04 Å². The second kappa shape index (κ2) is 3.68. The Labute approximate surface area is 90.1 Å². The number of hydrazone groups is 1. The minimum Gasteiger partial charge on any atom is -0.301 e. The van der Waals surface area contributed by atoms with Gasteiger partial charge in [-0.2, -0.15) is 5.10 Å². The highest BCUT2D eigenvalue weighted by Crippen LogP contribution is 2.28. The molecule has 0 radical (unpaired) electrons. The molecule has 1 aromatic rings. The lowest BCUT2D eigenvalue weighted by molar-refractivity contribution is 0.620. The standard InChI is InChI=1S/C9H8BrClN2/c10-9-5-8(12-13-9)6-3-1-2-4-7(6)11/h1-4,8,12H,5H2. The zero-order chi connectivity index (χ0) is 9.26. The van der Waals surface area contributed by atoms with Crippen molar-refractivity contribution in [3.05, 3.63) is 34.9 Å². The van der Waals surface area contributed by atoms with Gasteiger partial charge in [0.2, 0.25) is 0 Å². The van der Waals surface area contributed by atoms with Crippen LogP contribution in [0.15, 0.2) is 29.4 Å². The molecule has 1 aliphatic heterocycles. The fraction of sp³-hybridized carbons (Fsp3) is 0.222. The second-order valence-electron chi connectivity index (χ2n) is 2.90. The van der Waals surface area contributed by atoms with E-state index in [1.807, 2.05) is 24.3 Å². The molecule has 1 N–H and O–H groups in total. The monoisotopic (exact) mass is 258 g/mol. The SMILES string of the molecule is Clc1ccccc1C1CC(Br)=NN1. The van der Waals surface area contributed by atoms with Crippen molar-refractivity contribution in [3.8, 4) is 0 Å². The minimum absolute atomic E-state index is 0.211. The van der Waals surface area contributed by atoms with Crippen molar-refractivity contribution in [2.24, 2.45) is 5.10 Å². The number of rotatable bonds is 1. The molecule has 0 spiro atoms. The van der Waals surface area contributed by atoms with Gasteiger partial charge in [0.15, 0.2) is 0 Å². The summed E-state index contributed by atoms with van der Waals surface area (Å²) in [5.41, 5.74) is 4.12. The van der Waals surface area contributed by atoms with Gasteiger partial charge in [-0.25, -0.2) is 0 Å². The maximum Gasteiger partial charge on any atom is 0.105 e. The molecule has 4 heteroatoms. The van der Waals surface area contributed by atoms with Crippen LogP contribution in [0.25, 0.3) is 0 Å². The summed E-state index contributed by atoms with van der Waals surface area (Å²) < 4.78 is 0.942. The molecule has 0 amide bonds. The Morgan fingerprint density at radius 3 is 2.85 bits per heavy atom. The predicted molar refractivity (Wildman–Crippen MR) is 58.3 cm³/mol. The lowest BCUT2D eigenvalue weighted by atomic mass is 10.1. The van der Waals surface area contributed by atoms with Gasteiger partial charge in [0.1, 0.15) is 4.62 Å². The van der Waals surface area contributed by atoms with Gasteiger partial charge in [-0.3, -0.25) is 0 Å². The summed E-state index contributed by atoms with van der Waals surface area (Å²) in [7, 11) is 0. The van der Waals surface area contributed by atoms with Gasteiger partial charge in [-0.1, -0.05) is 29.8 Å². The topological polar surface area (TPSA) is 24.4 Å². The van der Waals surface area contributed by atoms with E-state index in [0.717, 1.165) is 21.6 Å². The number of nitrogens with zero attached hydrogens (tertiary/aromatic N) is 1. The fourth-order valence-electron chi connectivity index (χ4n) is 1.34. The maximum absolute atomic E-state index is 6.05. The zero-order valence-electron chi connectivity index (χ0n) is 6.80. The summed E-state index contributed by atoms with van der Waals surface area (Å²) in [6, 6.07) is 8.03. The smallest absolute Gasteiger partial charge is 0.105 e. The van der Waals surface area contributed by atoms with Gasteiger partial charge in [0, 0.05) is 11.4 Å². The molecular formula is C9H8BrClN2. The highest BCUT2D eigenvalue weighted by Gasteiger charge is 2.19. The van der Waals surface area contributed by atoms with Crippen LogP contribution in [0, 0.1) is 0 Å². The number of benzene rings is 1. The summed E-state index contributed by atoms with van der Waals surface area (Å²) in [6.07, 6.45) is 0.865. The van der Waals surface area contributed by atoms with Crippen molar-refractivity contribution in [1.29, 1.82) is 0 Å². The van der Waals surface area contributed by atoms with E-state index in [2.05, 4.69) is 26.5 Å². The lowest BCUT2D eigenvalue weighted by Crippen LogP contribution is -2.09. The first-order valence-corrected chi connectivity index (χ1v) is 5.16. The first-order valence-electron chi connectivity index (χ1n) is 3.99. The van der Waals surface area contributed by atoms with Crippen molar-refractivity contribution >= 4 is 32.2 Å². The molecule has 0 fully saturated rings. The summed E-state index contributed by atoms with van der Waals surface area (Å²) in [4.78, 5) is 0. The third-order valence-corrected chi connectivity index (χ3v) is 2.84. The number of hydrogen-bond acceptors (Lipinski definition) is 2. The molecule has 2 nitrogen and oxygen atoms in total. The van der Waals surface area contributed by atoms with Crippen molar-refractivity contribution in [2.45, 2.75) is 12.5 Å². The molecule has 1 aromatic carbocycles. The van der Waals surface area contributed by atoms with Crippen LogP contribution < -0.4 is 5.43 Å². The highest BCUT2D eigenvalue weighted by molar-refractivity contribution is 9.18. The van der Waals surface area contributed by atoms with Crippen LogP contribution in [0.2, 0.25) is 5.02 Å². The molecule has 1 unspecified atom stereocenters. The van der Waals surface area contributed by atoms with E-state index in [1.54, 1.807) is 0 Å². The largest absolute Gasteiger partial charge is 0.301 e. The van der Waals surface area contributed by atoms with Crippen molar-refractivity contribution in [1.82, 2.24) is 5.43 Å². The average molecular weight is 260 g/mol. The second-order valence-corrected chi connectivity index (χ2v) is 4.22. The molecule has 0 saturated carbocycles. The molecule has 68 valence electrons. The molecule has 2 rings (SSSR count). The van der Waals surface area contributed by atoms with E-state index in [4.69, 9.17) is 11.6 Å². The minimum atomic E-state index is 0.211. The zero-order valence-corrected chi connectivity index (χ0v) is 9.14. The number of hydrogen-bond donors (Lipinski definition) is 1. The summed E-state index contributed by atoms with van der Waals surface area (Å²) in [6.45, 7) is 0. The van der Waals surface area contributed by atoms with Crippen molar-refractivity contribution < 1.29 is 0 Å². The summed E-state index contributed by atoms with van der Waals surface area (Å²) in [5, 5.41) is 4.85. The Morgan fingerprint density at radius 1 is 1.46 bits per heavy atom. The predicted octanol–water partition coefficient (Wildman–Crippen LogP) is 3.08. The van der Waals surface area contributed by atoms with Crippen LogP contribution in [-0.2, 0) is 0 Å². The van der Waals surface area contributed by atoms with Crippen LogP contribution in [0.5, 0.6) is 0 Å². The van der Waals surface area contributed by atoms with Gasteiger partial charge in [-0.15, -0.1) is 0 Å². The van der Waals surface area contributed by atoms with Crippen molar-refractivity contribution in [2.75, 3.05) is 0 Å². The molecule has 13 heavy (non-hydrogen) atoms. The first-order chi connectivity index (χ1) is 6.27. The maximum atomic E-state index is 6.05. The fourth-order valence-corrected chi connectivity index (χ4v) is 2.04. The molecule has 0 saturated heterocycles. The van der Waals surface area contributed by atoms with E-state index in [-0.39, 0.29) is 6.04 Å². The van der Waals surface area contributed by atoms with Crippen LogP contribution in [-0.4, -0.2) is 4.62 Å². The third-order valence-electron chi connectivity index (χ3n) is 1.99. The molecule has 1 aliphatic rings. The van der Waals surface area contributed by atoms with Crippen LogP contribution in [0.3, 0.4) is 0 Å². The third kappa shape index (κ3) is 1.86. The Balaban J connectivity index is 2.23. The van der Waals surface area contributed by atoms with Gasteiger partial charge in [0.25, 0.3) is 0 Å². The van der Waals surface area contributed by atoms with E-state index in [9.17, 15) is 0 Å². The summed E-state index contributed by atoms with van der Waals surface area (Å²) in [5.74, 6) is 0. The first kappa shape index (κ1) is 9.03. The Bertz CT molecular complexity index is 351. The Kier molecular flexibility index (Phi) is 2.56. The van der Waals surface area contributed by atoms with E-state index in [1.165, 1.54) is 0 Å². The van der Waals surface area contributed by atoms with Crippen LogP contribution in [0.4, 0.5) is 0 Å². The van der Waals surface area contributed by atoms with E-state index in [0.29, 0.717) is 0 Å². The quantitative estimate of drug-likeness (QED) is 0.823. The molecule has 1 heterocycles. The van der Waals surface area contributed by atoms with E-state index >= 15 is 0 Å². The van der Waals surface area contributed by atoms with Crippen LogP contribution >= 0.6 is 27.5 Å². The Hall–Kier alpha value is -0.540. The molecule has 1 atom stereocenters. The van der Waals surface area contributed by atoms with Crippen LogP contribution in [0.1, 0.15) is 18.0 Å². The normalized spacial score (nSPS) is 21.1. The molecule has 0 aliphatic carbocycles. The lowest BCUT2D eigenvalue weighted by Gasteiger charge is -2.10. The van der Waals surface area contributed by atoms with E-state index < -0.39 is 0 Å². The highest BCUT2D eigenvalue weighted by atomic mass is 79.9. The summed E-state index contributed by atoms with van der Waals surface area (Å²) >= 11 is 9.39. The molecule has 0 bridgehead atoms. The van der Waals surface area contributed by atoms with Gasteiger partial charge >= 0.3 is 0 Å². The molecular weight excluding hydrogens is 251 g/mol. The van der Waals surface area contributed by atoms with Crippen molar-refractivity contribution in [3.63, 3.8) is 0 Å². The van der Waals surface area contributed by atoms with Gasteiger partial charge < -0.3 is 5.43 Å². The van der Waals surface area contributed by atoms with Gasteiger partial charge in [-0.05, 0) is 27.6 Å². The molecule has 0 aromatic heterocycles.